The van der Waals surface area contributed by atoms with Gasteiger partial charge in [-0.05, 0) is 20.8 Å². The van der Waals surface area contributed by atoms with Gasteiger partial charge in [-0.25, -0.2) is 0 Å². The lowest BCUT2D eigenvalue weighted by Crippen LogP contribution is -2.53. The molecule has 1 aromatic rings. The average molecular weight is 151 g/mol. The smallest absolute Gasteiger partial charge is 0.188 e. The van der Waals surface area contributed by atoms with Crippen LogP contribution in [0, 0.1) is 0 Å². The maximum Gasteiger partial charge on any atom is 0.199 e. The van der Waals surface area contributed by atoms with Gasteiger partial charge < -0.3 is 0 Å². The number of nitrogens with zero attached hydrogens (tertiary/aromatic N) is 1. The summed E-state index contributed by atoms with van der Waals surface area (Å²) in [6.07, 6.45) is 3.98. The van der Waals surface area contributed by atoms with Gasteiger partial charge in [0, 0.05) is 12.1 Å². The zero-order chi connectivity index (χ0) is 8.32. The quantitative estimate of drug-likeness (QED) is 0.598. The van der Waals surface area contributed by atoms with E-state index in [9.17, 15) is 0 Å². The summed E-state index contributed by atoms with van der Waals surface area (Å²) in [5.74, 6) is 0. The molecule has 1 aromatic heterocycles. The predicted molar refractivity (Wildman–Crippen MR) is 45.8 cm³/mol. The fourth-order valence-electron chi connectivity index (χ4n) is 0.861. The van der Waals surface area contributed by atoms with E-state index >= 15 is 0 Å². The van der Waals surface area contributed by atoms with Crippen LogP contribution in [0.2, 0.25) is 0 Å². The third-order valence-corrected chi connectivity index (χ3v) is 1.18. The van der Waals surface area contributed by atoms with Crippen LogP contribution in [0.25, 0.3) is 0 Å². The fraction of sp³-hybridized carbons (Fsp3) is 0.444. The Bertz CT molecular complexity index is 211. The molecule has 0 aliphatic carbocycles. The van der Waals surface area contributed by atoms with Gasteiger partial charge in [-0.15, -0.1) is 0 Å². The molecule has 0 saturated heterocycles. The highest BCUT2D eigenvalue weighted by Crippen LogP contribution is 1.96. The topological polar surface area (TPSA) is 15.9 Å². The number of hydrogen-bond acceptors (Lipinski definition) is 1. The molecule has 2 heteroatoms. The summed E-state index contributed by atoms with van der Waals surface area (Å²) in [7, 11) is 0. The molecular weight excluding hydrogens is 136 g/mol. The van der Waals surface area contributed by atoms with E-state index in [4.69, 9.17) is 0 Å². The summed E-state index contributed by atoms with van der Waals surface area (Å²) in [5, 5.41) is 0. The van der Waals surface area contributed by atoms with Crippen LogP contribution in [0.1, 0.15) is 20.8 Å². The van der Waals surface area contributed by atoms with E-state index in [-0.39, 0.29) is 5.54 Å². The van der Waals surface area contributed by atoms with Gasteiger partial charge in [-0.1, -0.05) is 10.7 Å². The van der Waals surface area contributed by atoms with Crippen molar-refractivity contribution in [1.82, 2.24) is 0 Å². The molecule has 0 aliphatic heterocycles. The second-order valence-electron chi connectivity index (χ2n) is 3.64. The van der Waals surface area contributed by atoms with Crippen molar-refractivity contribution in [2.24, 2.45) is 0 Å². The van der Waals surface area contributed by atoms with Gasteiger partial charge in [0.2, 0.25) is 0 Å². The monoisotopic (exact) mass is 151 g/mol. The molecule has 0 atom stereocenters. The molecule has 1 N–H and O–H groups in total. The van der Waals surface area contributed by atoms with E-state index in [1.807, 2.05) is 35.3 Å². The molecule has 11 heavy (non-hydrogen) atoms. The molecule has 0 unspecified atom stereocenters. The van der Waals surface area contributed by atoms with Crippen LogP contribution in [-0.4, -0.2) is 5.54 Å². The maximum absolute atomic E-state index is 3.30. The molecule has 1 rings (SSSR count). The second-order valence-corrected chi connectivity index (χ2v) is 3.64. The number of nitrogens with one attached hydrogen (secondary N) is 1. The summed E-state index contributed by atoms with van der Waals surface area (Å²) in [6, 6.07) is 6.00. The summed E-state index contributed by atoms with van der Waals surface area (Å²) >= 11 is 0. The first-order chi connectivity index (χ1) is 5.08. The Hall–Kier alpha value is -1.05. The molecule has 0 aromatic carbocycles. The Labute approximate surface area is 67.8 Å². The normalized spacial score (nSPS) is 11.2. The summed E-state index contributed by atoms with van der Waals surface area (Å²) in [6.45, 7) is 6.40. The SMILES string of the molecule is CC(C)(C)N[n+]1ccccc1. The van der Waals surface area contributed by atoms with Crippen LogP contribution < -0.4 is 10.1 Å². The number of hydrogen-bond donors (Lipinski definition) is 1. The summed E-state index contributed by atoms with van der Waals surface area (Å²) in [4.78, 5) is 0. The van der Waals surface area contributed by atoms with E-state index < -0.39 is 0 Å². The maximum atomic E-state index is 3.30. The van der Waals surface area contributed by atoms with Crippen molar-refractivity contribution >= 4 is 0 Å². The first-order valence-electron chi connectivity index (χ1n) is 3.82. The Morgan fingerprint density at radius 1 is 1.00 bits per heavy atom. The molecule has 1 heterocycles. The Balaban J connectivity index is 2.66. The van der Waals surface area contributed by atoms with E-state index in [1.165, 1.54) is 0 Å². The van der Waals surface area contributed by atoms with Crippen molar-refractivity contribution in [2.45, 2.75) is 26.3 Å². The van der Waals surface area contributed by atoms with Gasteiger partial charge in [0.1, 0.15) is 0 Å². The van der Waals surface area contributed by atoms with Crippen LogP contribution in [0.5, 0.6) is 0 Å². The molecular formula is C9H15N2+. The van der Waals surface area contributed by atoms with Crippen LogP contribution in [0.15, 0.2) is 30.6 Å². The Kier molecular flexibility index (Phi) is 2.13. The van der Waals surface area contributed by atoms with Crippen LogP contribution in [-0.2, 0) is 0 Å². The highest BCUT2D eigenvalue weighted by molar-refractivity contribution is 4.85. The van der Waals surface area contributed by atoms with Gasteiger partial charge in [0.05, 0.1) is 5.54 Å². The molecule has 0 aliphatic rings. The molecule has 0 spiro atoms. The minimum absolute atomic E-state index is 0.117. The van der Waals surface area contributed by atoms with E-state index in [1.54, 1.807) is 0 Å². The van der Waals surface area contributed by atoms with Gasteiger partial charge in [-0.3, -0.25) is 0 Å². The Morgan fingerprint density at radius 3 is 2.00 bits per heavy atom. The summed E-state index contributed by atoms with van der Waals surface area (Å²) in [5.41, 5.74) is 3.41. The Morgan fingerprint density at radius 2 is 1.55 bits per heavy atom. The first kappa shape index (κ1) is 8.05. The lowest BCUT2D eigenvalue weighted by atomic mass is 10.1. The average Bonchev–Trinajstić information content (AvgIpc) is 1.85. The standard InChI is InChI=1S/C9H15N2/c1-9(2,3)10-11-7-5-4-6-8-11/h4-8,10H,1-3H3/q+1. The molecule has 2 nitrogen and oxygen atoms in total. The van der Waals surface area contributed by atoms with Crippen molar-refractivity contribution < 1.29 is 4.68 Å². The zero-order valence-electron chi connectivity index (χ0n) is 7.33. The molecule has 0 bridgehead atoms. The van der Waals surface area contributed by atoms with Gasteiger partial charge in [0.25, 0.3) is 0 Å². The van der Waals surface area contributed by atoms with E-state index in [0.29, 0.717) is 0 Å². The molecule has 0 amide bonds. The second kappa shape index (κ2) is 2.91. The van der Waals surface area contributed by atoms with E-state index in [2.05, 4.69) is 26.2 Å². The number of pyridine rings is 1. The molecule has 60 valence electrons. The van der Waals surface area contributed by atoms with Crippen LogP contribution >= 0.6 is 0 Å². The lowest BCUT2D eigenvalue weighted by Gasteiger charge is -2.15. The van der Waals surface area contributed by atoms with Crippen molar-refractivity contribution in [2.75, 3.05) is 5.43 Å². The predicted octanol–water partition coefficient (Wildman–Crippen LogP) is 1.32. The zero-order valence-corrected chi connectivity index (χ0v) is 7.33. The number of rotatable bonds is 1. The molecule has 0 radical (unpaired) electrons. The van der Waals surface area contributed by atoms with Gasteiger partial charge in [-0.2, -0.15) is 5.43 Å². The largest absolute Gasteiger partial charge is 0.199 e. The van der Waals surface area contributed by atoms with Gasteiger partial charge >= 0.3 is 0 Å². The first-order valence-corrected chi connectivity index (χ1v) is 3.82. The van der Waals surface area contributed by atoms with Crippen molar-refractivity contribution in [3.8, 4) is 0 Å². The molecule has 0 fully saturated rings. The van der Waals surface area contributed by atoms with Crippen molar-refractivity contribution in [3.63, 3.8) is 0 Å². The third-order valence-electron chi connectivity index (χ3n) is 1.18. The number of aromatic nitrogens is 1. The minimum atomic E-state index is 0.117. The highest BCUT2D eigenvalue weighted by Gasteiger charge is 2.13. The minimum Gasteiger partial charge on any atom is -0.188 e. The fourth-order valence-corrected chi connectivity index (χ4v) is 0.861. The van der Waals surface area contributed by atoms with Gasteiger partial charge in [0.15, 0.2) is 12.4 Å². The van der Waals surface area contributed by atoms with E-state index in [0.717, 1.165) is 0 Å². The van der Waals surface area contributed by atoms with Crippen molar-refractivity contribution in [3.05, 3.63) is 30.6 Å². The lowest BCUT2D eigenvalue weighted by molar-refractivity contribution is -0.656. The van der Waals surface area contributed by atoms with Crippen molar-refractivity contribution in [1.29, 1.82) is 0 Å². The third kappa shape index (κ3) is 3.03. The van der Waals surface area contributed by atoms with Crippen LogP contribution in [0.3, 0.4) is 0 Å². The molecule has 0 saturated carbocycles. The highest BCUT2D eigenvalue weighted by atomic mass is 15.4. The summed E-state index contributed by atoms with van der Waals surface area (Å²) < 4.78 is 1.96. The van der Waals surface area contributed by atoms with Crippen LogP contribution in [0.4, 0.5) is 0 Å².